The van der Waals surface area contributed by atoms with Crippen molar-refractivity contribution in [3.05, 3.63) is 64.1 Å². The minimum atomic E-state index is -0.691. The first-order chi connectivity index (χ1) is 13.5. The summed E-state index contributed by atoms with van der Waals surface area (Å²) in [4.78, 5) is 36.3. The van der Waals surface area contributed by atoms with Crippen LogP contribution in [0.5, 0.6) is 0 Å². The van der Waals surface area contributed by atoms with Crippen molar-refractivity contribution in [2.75, 3.05) is 11.9 Å². The van der Waals surface area contributed by atoms with Gasteiger partial charge >= 0.3 is 11.7 Å². The summed E-state index contributed by atoms with van der Waals surface area (Å²) < 4.78 is 11.3. The Kier molecular flexibility index (Phi) is 5.93. The van der Waals surface area contributed by atoms with Gasteiger partial charge in [0.1, 0.15) is 6.54 Å². The number of aromatic nitrogens is 1. The van der Waals surface area contributed by atoms with Gasteiger partial charge in [0.15, 0.2) is 12.2 Å². The number of benzene rings is 2. The van der Waals surface area contributed by atoms with Crippen molar-refractivity contribution in [2.45, 2.75) is 33.2 Å². The molecular weight excluding hydrogens is 360 g/mol. The second-order valence-corrected chi connectivity index (χ2v) is 6.29. The molecule has 0 unspecified atom stereocenters. The van der Waals surface area contributed by atoms with Crippen LogP contribution in [0.15, 0.2) is 51.7 Å². The Morgan fingerprint density at radius 3 is 2.39 bits per heavy atom. The fourth-order valence-corrected chi connectivity index (χ4v) is 3.06. The molecule has 0 bridgehead atoms. The number of para-hydroxylation sites is 3. The summed E-state index contributed by atoms with van der Waals surface area (Å²) in [6.45, 7) is 3.27. The lowest BCUT2D eigenvalue weighted by Gasteiger charge is -2.14. The molecule has 3 aromatic rings. The molecule has 1 aromatic heterocycles. The zero-order chi connectivity index (χ0) is 20.1. The number of carbonyl (C=O) groups excluding carboxylic acids is 2. The monoisotopic (exact) mass is 382 g/mol. The highest BCUT2D eigenvalue weighted by Gasteiger charge is 2.15. The third-order valence-corrected chi connectivity index (χ3v) is 4.49. The van der Waals surface area contributed by atoms with E-state index in [-0.39, 0.29) is 6.54 Å². The Balaban J connectivity index is 1.63. The number of aryl methyl sites for hydroxylation is 2. The Hall–Kier alpha value is -3.35. The SMILES string of the molecule is CCc1cccc(CC)c1NC(=O)COC(=O)Cn1c(=O)oc2ccccc21. The summed E-state index contributed by atoms with van der Waals surface area (Å²) in [6, 6.07) is 12.7. The molecular formula is C21H22N2O5. The van der Waals surface area contributed by atoms with Gasteiger partial charge in [0.2, 0.25) is 0 Å². The number of oxazole rings is 1. The molecule has 2 aromatic carbocycles. The van der Waals surface area contributed by atoms with Crippen LogP contribution in [0.3, 0.4) is 0 Å². The van der Waals surface area contributed by atoms with Gasteiger partial charge in [-0.1, -0.05) is 44.2 Å². The zero-order valence-corrected chi connectivity index (χ0v) is 15.9. The second-order valence-electron chi connectivity index (χ2n) is 6.29. The molecule has 28 heavy (non-hydrogen) atoms. The van der Waals surface area contributed by atoms with Crippen LogP contribution >= 0.6 is 0 Å². The third kappa shape index (κ3) is 4.14. The summed E-state index contributed by atoms with van der Waals surface area (Å²) in [6.07, 6.45) is 1.56. The van der Waals surface area contributed by atoms with E-state index in [1.165, 1.54) is 4.57 Å². The van der Waals surface area contributed by atoms with Crippen molar-refractivity contribution in [3.8, 4) is 0 Å². The van der Waals surface area contributed by atoms with Crippen molar-refractivity contribution in [1.82, 2.24) is 4.57 Å². The first-order valence-electron chi connectivity index (χ1n) is 9.18. The molecule has 0 spiro atoms. The molecule has 0 aliphatic carbocycles. The average Bonchev–Trinajstić information content (AvgIpc) is 3.01. The number of hydrogen-bond donors (Lipinski definition) is 1. The van der Waals surface area contributed by atoms with Gasteiger partial charge in [0.05, 0.1) is 5.52 Å². The molecule has 0 fully saturated rings. The van der Waals surface area contributed by atoms with Gasteiger partial charge in [0, 0.05) is 5.69 Å². The van der Waals surface area contributed by atoms with Crippen LogP contribution in [0.1, 0.15) is 25.0 Å². The van der Waals surface area contributed by atoms with Gasteiger partial charge in [0.25, 0.3) is 5.91 Å². The Labute approximate surface area is 161 Å². The molecule has 1 amide bonds. The van der Waals surface area contributed by atoms with Crippen molar-refractivity contribution >= 4 is 28.7 Å². The number of nitrogens with zero attached hydrogens (tertiary/aromatic N) is 1. The fourth-order valence-electron chi connectivity index (χ4n) is 3.06. The van der Waals surface area contributed by atoms with Gasteiger partial charge in [-0.15, -0.1) is 0 Å². The maximum atomic E-state index is 12.3. The van der Waals surface area contributed by atoms with Crippen LogP contribution in [0.25, 0.3) is 11.1 Å². The van der Waals surface area contributed by atoms with Crippen molar-refractivity contribution < 1.29 is 18.7 Å². The molecule has 0 saturated carbocycles. The van der Waals surface area contributed by atoms with Crippen molar-refractivity contribution in [1.29, 1.82) is 0 Å². The Bertz CT molecular complexity index is 1040. The maximum Gasteiger partial charge on any atom is 0.420 e. The standard InChI is InChI=1S/C21H22N2O5/c1-3-14-8-7-9-15(4-2)20(14)22-18(24)13-27-19(25)12-23-16-10-5-6-11-17(16)28-21(23)26/h5-11H,3-4,12-13H2,1-2H3,(H,22,24). The van der Waals surface area contributed by atoms with E-state index in [1.807, 2.05) is 32.0 Å². The predicted molar refractivity (Wildman–Crippen MR) is 105 cm³/mol. The second kappa shape index (κ2) is 8.56. The molecule has 7 nitrogen and oxygen atoms in total. The van der Waals surface area contributed by atoms with Crippen LogP contribution in [-0.4, -0.2) is 23.1 Å². The van der Waals surface area contributed by atoms with Crippen LogP contribution < -0.4 is 11.1 Å². The normalized spacial score (nSPS) is 10.8. The number of fused-ring (bicyclic) bond motifs is 1. The minimum absolute atomic E-state index is 0.325. The summed E-state index contributed by atoms with van der Waals surface area (Å²) in [5.74, 6) is -1.76. The van der Waals surface area contributed by atoms with E-state index >= 15 is 0 Å². The molecule has 146 valence electrons. The van der Waals surface area contributed by atoms with E-state index in [0.717, 1.165) is 29.7 Å². The number of ether oxygens (including phenoxy) is 1. The van der Waals surface area contributed by atoms with Crippen molar-refractivity contribution in [3.63, 3.8) is 0 Å². The average molecular weight is 382 g/mol. The summed E-state index contributed by atoms with van der Waals surface area (Å²) in [5.41, 5.74) is 3.70. The highest BCUT2D eigenvalue weighted by atomic mass is 16.5. The summed E-state index contributed by atoms with van der Waals surface area (Å²) >= 11 is 0. The molecule has 1 heterocycles. The van der Waals surface area contributed by atoms with E-state index in [0.29, 0.717) is 11.1 Å². The highest BCUT2D eigenvalue weighted by Crippen LogP contribution is 2.22. The summed E-state index contributed by atoms with van der Waals surface area (Å²) in [7, 11) is 0. The molecule has 0 saturated heterocycles. The number of carbonyl (C=O) groups is 2. The van der Waals surface area contributed by atoms with E-state index < -0.39 is 24.2 Å². The maximum absolute atomic E-state index is 12.3. The highest BCUT2D eigenvalue weighted by molar-refractivity contribution is 5.94. The Morgan fingerprint density at radius 1 is 1.04 bits per heavy atom. The number of rotatable bonds is 7. The zero-order valence-electron chi connectivity index (χ0n) is 15.9. The fraction of sp³-hybridized carbons (Fsp3) is 0.286. The lowest BCUT2D eigenvalue weighted by atomic mass is 10.0. The number of amides is 1. The number of anilines is 1. The molecule has 3 rings (SSSR count). The van der Waals surface area contributed by atoms with Gasteiger partial charge in [-0.05, 0) is 36.1 Å². The van der Waals surface area contributed by atoms with Gasteiger partial charge in [-0.2, -0.15) is 0 Å². The lowest BCUT2D eigenvalue weighted by Crippen LogP contribution is -2.26. The van der Waals surface area contributed by atoms with Crippen LogP contribution in [0, 0.1) is 0 Å². The summed E-state index contributed by atoms with van der Waals surface area (Å²) in [5, 5.41) is 2.83. The largest absolute Gasteiger partial charge is 0.454 e. The molecule has 0 aliphatic heterocycles. The quantitative estimate of drug-likeness (QED) is 0.635. The van der Waals surface area contributed by atoms with Crippen LogP contribution in [0.2, 0.25) is 0 Å². The molecule has 0 atom stereocenters. The number of nitrogens with one attached hydrogen (secondary N) is 1. The predicted octanol–water partition coefficient (Wildman–Crippen LogP) is 2.90. The number of esters is 1. The molecule has 0 radical (unpaired) electrons. The first-order valence-corrected chi connectivity index (χ1v) is 9.18. The molecule has 0 aliphatic rings. The van der Waals surface area contributed by atoms with Crippen LogP contribution in [-0.2, 0) is 33.7 Å². The molecule has 7 heteroatoms. The van der Waals surface area contributed by atoms with Gasteiger partial charge < -0.3 is 14.5 Å². The third-order valence-electron chi connectivity index (χ3n) is 4.49. The number of hydrogen-bond acceptors (Lipinski definition) is 5. The van der Waals surface area contributed by atoms with E-state index in [2.05, 4.69) is 5.32 Å². The minimum Gasteiger partial charge on any atom is -0.454 e. The van der Waals surface area contributed by atoms with E-state index in [1.54, 1.807) is 24.3 Å². The lowest BCUT2D eigenvalue weighted by molar-refractivity contribution is -0.147. The topological polar surface area (TPSA) is 90.5 Å². The van der Waals surface area contributed by atoms with Crippen molar-refractivity contribution in [2.24, 2.45) is 0 Å². The van der Waals surface area contributed by atoms with Gasteiger partial charge in [-0.25, -0.2) is 4.79 Å². The van der Waals surface area contributed by atoms with Gasteiger partial charge in [-0.3, -0.25) is 14.2 Å². The van der Waals surface area contributed by atoms with E-state index in [9.17, 15) is 14.4 Å². The van der Waals surface area contributed by atoms with Crippen LogP contribution in [0.4, 0.5) is 5.69 Å². The van der Waals surface area contributed by atoms with E-state index in [4.69, 9.17) is 9.15 Å². The first kappa shape index (κ1) is 19.4. The smallest absolute Gasteiger partial charge is 0.420 e. The molecule has 1 N–H and O–H groups in total. The Morgan fingerprint density at radius 2 is 1.71 bits per heavy atom.